The molecule has 0 aliphatic rings. The highest BCUT2D eigenvalue weighted by molar-refractivity contribution is 5.35. The van der Waals surface area contributed by atoms with Crippen LogP contribution in [0.3, 0.4) is 0 Å². The quantitative estimate of drug-likeness (QED) is 0.671. The SMILES string of the molecule is Cc1cc(C(NN)c2cccc(C(F)(F)F)c2)ccn1. The van der Waals surface area contributed by atoms with E-state index in [1.165, 1.54) is 6.07 Å². The zero-order chi connectivity index (χ0) is 14.8. The van der Waals surface area contributed by atoms with Crippen LogP contribution in [0.15, 0.2) is 42.6 Å². The number of pyridine rings is 1. The third-order valence-corrected chi connectivity index (χ3v) is 2.97. The van der Waals surface area contributed by atoms with Crippen LogP contribution in [0.4, 0.5) is 13.2 Å². The molecule has 1 atom stereocenters. The standard InChI is InChI=1S/C14H14F3N3/c1-9-7-11(5-6-19-9)13(20-18)10-3-2-4-12(8-10)14(15,16)17/h2-8,13,20H,18H2,1H3. The first-order chi connectivity index (χ1) is 9.41. The molecule has 2 aromatic rings. The molecule has 1 heterocycles. The van der Waals surface area contributed by atoms with Gasteiger partial charge in [-0.3, -0.25) is 10.8 Å². The van der Waals surface area contributed by atoms with Crippen LogP contribution in [0.2, 0.25) is 0 Å². The molecular formula is C14H14F3N3. The number of aryl methyl sites for hydroxylation is 1. The van der Waals surface area contributed by atoms with Gasteiger partial charge in [-0.25, -0.2) is 5.43 Å². The van der Waals surface area contributed by atoms with Gasteiger partial charge in [0, 0.05) is 11.9 Å². The zero-order valence-corrected chi connectivity index (χ0v) is 10.8. The molecule has 106 valence electrons. The first-order valence-corrected chi connectivity index (χ1v) is 5.97. The molecular weight excluding hydrogens is 267 g/mol. The second-order valence-electron chi connectivity index (χ2n) is 4.45. The fourth-order valence-corrected chi connectivity index (χ4v) is 2.03. The molecule has 6 heteroatoms. The zero-order valence-electron chi connectivity index (χ0n) is 10.8. The molecule has 1 unspecified atom stereocenters. The van der Waals surface area contributed by atoms with Gasteiger partial charge in [0.05, 0.1) is 11.6 Å². The minimum Gasteiger partial charge on any atom is -0.271 e. The highest BCUT2D eigenvalue weighted by Crippen LogP contribution is 2.31. The van der Waals surface area contributed by atoms with Gasteiger partial charge in [0.25, 0.3) is 0 Å². The van der Waals surface area contributed by atoms with E-state index in [9.17, 15) is 13.2 Å². The maximum atomic E-state index is 12.7. The van der Waals surface area contributed by atoms with Crippen molar-refractivity contribution in [2.24, 2.45) is 5.84 Å². The van der Waals surface area contributed by atoms with Crippen LogP contribution in [-0.4, -0.2) is 4.98 Å². The van der Waals surface area contributed by atoms with E-state index < -0.39 is 17.8 Å². The minimum absolute atomic E-state index is 0.452. The van der Waals surface area contributed by atoms with Gasteiger partial charge in [-0.1, -0.05) is 12.1 Å². The van der Waals surface area contributed by atoms with E-state index in [1.807, 2.05) is 6.92 Å². The molecule has 1 aromatic carbocycles. The number of hydrogen-bond donors (Lipinski definition) is 2. The van der Waals surface area contributed by atoms with E-state index >= 15 is 0 Å². The summed E-state index contributed by atoms with van der Waals surface area (Å²) >= 11 is 0. The van der Waals surface area contributed by atoms with E-state index in [2.05, 4.69) is 10.4 Å². The molecule has 0 fully saturated rings. The molecule has 3 nitrogen and oxygen atoms in total. The number of nitrogens with one attached hydrogen (secondary N) is 1. The summed E-state index contributed by atoms with van der Waals surface area (Å²) in [6.45, 7) is 1.81. The van der Waals surface area contributed by atoms with E-state index in [0.29, 0.717) is 5.56 Å². The predicted molar refractivity (Wildman–Crippen MR) is 69.6 cm³/mol. The van der Waals surface area contributed by atoms with Gasteiger partial charge in [0.15, 0.2) is 0 Å². The van der Waals surface area contributed by atoms with Crippen molar-refractivity contribution >= 4 is 0 Å². The fraction of sp³-hybridized carbons (Fsp3) is 0.214. The Morgan fingerprint density at radius 3 is 2.45 bits per heavy atom. The third-order valence-electron chi connectivity index (χ3n) is 2.97. The number of nitrogens with two attached hydrogens (primary N) is 1. The van der Waals surface area contributed by atoms with Gasteiger partial charge < -0.3 is 0 Å². The Morgan fingerprint density at radius 2 is 1.85 bits per heavy atom. The van der Waals surface area contributed by atoms with Crippen molar-refractivity contribution in [3.05, 3.63) is 65.0 Å². The van der Waals surface area contributed by atoms with E-state index in [0.717, 1.165) is 23.4 Å². The van der Waals surface area contributed by atoms with Crippen LogP contribution in [0.25, 0.3) is 0 Å². The largest absolute Gasteiger partial charge is 0.416 e. The Morgan fingerprint density at radius 1 is 1.15 bits per heavy atom. The van der Waals surface area contributed by atoms with Crippen molar-refractivity contribution in [2.75, 3.05) is 0 Å². The van der Waals surface area contributed by atoms with Crippen LogP contribution < -0.4 is 11.3 Å². The molecule has 2 rings (SSSR count). The Bertz CT molecular complexity index is 596. The molecule has 0 bridgehead atoms. The average molecular weight is 281 g/mol. The highest BCUT2D eigenvalue weighted by Gasteiger charge is 2.31. The number of alkyl halides is 3. The van der Waals surface area contributed by atoms with Gasteiger partial charge in [-0.15, -0.1) is 0 Å². The Kier molecular flexibility index (Phi) is 4.06. The lowest BCUT2D eigenvalue weighted by Gasteiger charge is -2.18. The molecule has 0 saturated heterocycles. The summed E-state index contributed by atoms with van der Waals surface area (Å²) < 4.78 is 38.2. The van der Waals surface area contributed by atoms with Crippen molar-refractivity contribution in [1.82, 2.24) is 10.4 Å². The summed E-state index contributed by atoms with van der Waals surface area (Å²) in [7, 11) is 0. The average Bonchev–Trinajstić information content (AvgIpc) is 2.39. The van der Waals surface area contributed by atoms with Gasteiger partial charge in [-0.05, 0) is 42.3 Å². The molecule has 0 saturated carbocycles. The Balaban J connectivity index is 2.42. The normalized spacial score (nSPS) is 13.2. The molecule has 0 radical (unpaired) electrons. The van der Waals surface area contributed by atoms with Crippen LogP contribution in [-0.2, 0) is 6.18 Å². The molecule has 0 aliphatic carbocycles. The number of hydrogen-bond acceptors (Lipinski definition) is 3. The van der Waals surface area contributed by atoms with E-state index in [4.69, 9.17) is 5.84 Å². The molecule has 3 N–H and O–H groups in total. The smallest absolute Gasteiger partial charge is 0.271 e. The maximum absolute atomic E-state index is 12.7. The Labute approximate surface area is 114 Å². The summed E-state index contributed by atoms with van der Waals surface area (Å²) in [5, 5.41) is 0. The van der Waals surface area contributed by atoms with Crippen LogP contribution in [0, 0.1) is 6.92 Å². The summed E-state index contributed by atoms with van der Waals surface area (Å²) in [6.07, 6.45) is -2.77. The van der Waals surface area contributed by atoms with Gasteiger partial charge >= 0.3 is 6.18 Å². The summed E-state index contributed by atoms with van der Waals surface area (Å²) in [6, 6.07) is 8.10. The molecule has 0 amide bonds. The maximum Gasteiger partial charge on any atom is 0.416 e. The second-order valence-corrected chi connectivity index (χ2v) is 4.45. The molecule has 0 aliphatic heterocycles. The van der Waals surface area contributed by atoms with Gasteiger partial charge in [0.2, 0.25) is 0 Å². The first-order valence-electron chi connectivity index (χ1n) is 5.97. The topological polar surface area (TPSA) is 50.9 Å². The van der Waals surface area contributed by atoms with E-state index in [1.54, 1.807) is 24.4 Å². The molecule has 1 aromatic heterocycles. The lowest BCUT2D eigenvalue weighted by Crippen LogP contribution is -2.29. The fourth-order valence-electron chi connectivity index (χ4n) is 2.03. The summed E-state index contributed by atoms with van der Waals surface area (Å²) in [5.41, 5.74) is 3.84. The number of aromatic nitrogens is 1. The number of nitrogens with zero attached hydrogens (tertiary/aromatic N) is 1. The number of benzene rings is 1. The molecule has 20 heavy (non-hydrogen) atoms. The van der Waals surface area contributed by atoms with Crippen molar-refractivity contribution in [2.45, 2.75) is 19.1 Å². The van der Waals surface area contributed by atoms with Crippen molar-refractivity contribution in [3.8, 4) is 0 Å². The second kappa shape index (κ2) is 5.60. The summed E-state index contributed by atoms with van der Waals surface area (Å²) in [4.78, 5) is 4.06. The first kappa shape index (κ1) is 14.5. The van der Waals surface area contributed by atoms with Crippen LogP contribution in [0.5, 0.6) is 0 Å². The van der Waals surface area contributed by atoms with E-state index in [-0.39, 0.29) is 0 Å². The monoisotopic (exact) mass is 281 g/mol. The minimum atomic E-state index is -4.37. The third kappa shape index (κ3) is 3.15. The van der Waals surface area contributed by atoms with Crippen molar-refractivity contribution in [3.63, 3.8) is 0 Å². The number of halogens is 3. The van der Waals surface area contributed by atoms with Gasteiger partial charge in [0.1, 0.15) is 0 Å². The predicted octanol–water partition coefficient (Wildman–Crippen LogP) is 2.96. The lowest BCUT2D eigenvalue weighted by atomic mass is 9.98. The lowest BCUT2D eigenvalue weighted by molar-refractivity contribution is -0.137. The van der Waals surface area contributed by atoms with Crippen LogP contribution >= 0.6 is 0 Å². The number of rotatable bonds is 3. The van der Waals surface area contributed by atoms with Crippen molar-refractivity contribution in [1.29, 1.82) is 0 Å². The Hall–Kier alpha value is -1.92. The highest BCUT2D eigenvalue weighted by atomic mass is 19.4. The summed E-state index contributed by atoms with van der Waals surface area (Å²) in [5.74, 6) is 5.49. The molecule has 0 spiro atoms. The van der Waals surface area contributed by atoms with Crippen molar-refractivity contribution < 1.29 is 13.2 Å². The van der Waals surface area contributed by atoms with Crippen LogP contribution in [0.1, 0.15) is 28.4 Å². The number of hydrazine groups is 1. The van der Waals surface area contributed by atoms with Gasteiger partial charge in [-0.2, -0.15) is 13.2 Å².